The second kappa shape index (κ2) is 6.57. The van der Waals surface area contributed by atoms with Gasteiger partial charge in [-0.3, -0.25) is 0 Å². The van der Waals surface area contributed by atoms with E-state index in [0.29, 0.717) is 0 Å². The van der Waals surface area contributed by atoms with Gasteiger partial charge in [-0.2, -0.15) is 0 Å². The molecular weight excluding hydrogens is 250 g/mol. The van der Waals surface area contributed by atoms with Crippen LogP contribution in [0.15, 0.2) is 43.0 Å². The number of imidazole rings is 1. The number of benzene rings is 1. The van der Waals surface area contributed by atoms with Gasteiger partial charge in [0, 0.05) is 35.7 Å². The summed E-state index contributed by atoms with van der Waals surface area (Å²) in [5.74, 6) is 0. The van der Waals surface area contributed by atoms with Crippen molar-refractivity contribution in [2.45, 2.75) is 26.7 Å². The number of rotatable bonds is 7. The molecule has 0 atom stereocenters. The fourth-order valence-electron chi connectivity index (χ4n) is 2.26. The Morgan fingerprint density at radius 2 is 2.10 bits per heavy atom. The highest BCUT2D eigenvalue weighted by atomic mass is 16.3. The van der Waals surface area contributed by atoms with Crippen molar-refractivity contribution in [3.8, 4) is 5.69 Å². The first kappa shape index (κ1) is 14.6. The molecule has 1 heterocycles. The number of nitrogens with one attached hydrogen (secondary N) is 1. The van der Waals surface area contributed by atoms with Gasteiger partial charge >= 0.3 is 0 Å². The van der Waals surface area contributed by atoms with Crippen LogP contribution in [0.25, 0.3) is 5.69 Å². The van der Waals surface area contributed by atoms with E-state index in [9.17, 15) is 5.11 Å². The summed E-state index contributed by atoms with van der Waals surface area (Å²) in [5, 5.41) is 13.1. The van der Waals surface area contributed by atoms with Crippen molar-refractivity contribution in [2.75, 3.05) is 18.5 Å². The third-order valence-electron chi connectivity index (χ3n) is 4.15. The van der Waals surface area contributed by atoms with Crippen molar-refractivity contribution in [3.05, 3.63) is 43.0 Å². The summed E-state index contributed by atoms with van der Waals surface area (Å²) in [6.07, 6.45) is 7.41. The Kier molecular flexibility index (Phi) is 4.79. The number of hydrogen-bond donors (Lipinski definition) is 2. The molecule has 0 bridgehead atoms. The third-order valence-corrected chi connectivity index (χ3v) is 4.15. The van der Waals surface area contributed by atoms with Gasteiger partial charge in [0.15, 0.2) is 0 Å². The van der Waals surface area contributed by atoms with Gasteiger partial charge in [0.25, 0.3) is 0 Å². The van der Waals surface area contributed by atoms with Gasteiger partial charge in [-0.05, 0) is 31.0 Å². The molecule has 0 spiro atoms. The molecule has 1 aromatic carbocycles. The van der Waals surface area contributed by atoms with E-state index < -0.39 is 0 Å². The smallest absolute Gasteiger partial charge is 0.0991 e. The molecule has 1 aromatic heterocycles. The highest BCUT2D eigenvalue weighted by Gasteiger charge is 2.24. The van der Waals surface area contributed by atoms with Crippen LogP contribution in [0.1, 0.15) is 26.7 Å². The van der Waals surface area contributed by atoms with Crippen LogP contribution in [0.4, 0.5) is 5.69 Å². The lowest BCUT2D eigenvalue weighted by molar-refractivity contribution is 0.127. The molecule has 0 amide bonds. The van der Waals surface area contributed by atoms with Crippen LogP contribution in [-0.4, -0.2) is 27.8 Å². The fraction of sp³-hybridized carbons (Fsp3) is 0.438. The molecular formula is C16H23N3O. The summed E-state index contributed by atoms with van der Waals surface area (Å²) in [4.78, 5) is 4.06. The number of aromatic nitrogens is 2. The molecule has 2 N–H and O–H groups in total. The summed E-state index contributed by atoms with van der Waals surface area (Å²) in [7, 11) is 0. The maximum absolute atomic E-state index is 9.61. The largest absolute Gasteiger partial charge is 0.396 e. The van der Waals surface area contributed by atoms with Crippen LogP contribution in [0.2, 0.25) is 0 Å². The van der Waals surface area contributed by atoms with E-state index in [1.807, 2.05) is 29.0 Å². The molecule has 20 heavy (non-hydrogen) atoms. The maximum atomic E-state index is 9.61. The zero-order chi connectivity index (χ0) is 14.4. The van der Waals surface area contributed by atoms with Crippen LogP contribution in [0.3, 0.4) is 0 Å². The monoisotopic (exact) mass is 273 g/mol. The Morgan fingerprint density at radius 1 is 1.30 bits per heavy atom. The van der Waals surface area contributed by atoms with Crippen LogP contribution >= 0.6 is 0 Å². The topological polar surface area (TPSA) is 50.1 Å². The fourth-order valence-corrected chi connectivity index (χ4v) is 2.26. The van der Waals surface area contributed by atoms with Crippen molar-refractivity contribution >= 4 is 5.69 Å². The van der Waals surface area contributed by atoms with Crippen molar-refractivity contribution < 1.29 is 5.11 Å². The van der Waals surface area contributed by atoms with Gasteiger partial charge in [-0.1, -0.05) is 19.9 Å². The Hall–Kier alpha value is -1.81. The van der Waals surface area contributed by atoms with Gasteiger partial charge in [0.05, 0.1) is 12.9 Å². The second-order valence-corrected chi connectivity index (χ2v) is 5.24. The minimum atomic E-state index is -0.0367. The molecule has 0 aliphatic rings. The lowest BCUT2D eigenvalue weighted by Gasteiger charge is -2.30. The average molecular weight is 273 g/mol. The summed E-state index contributed by atoms with van der Waals surface area (Å²) < 4.78 is 1.98. The number of anilines is 1. The predicted octanol–water partition coefficient (Wildman–Crippen LogP) is 3.08. The molecule has 0 aliphatic heterocycles. The van der Waals surface area contributed by atoms with E-state index in [4.69, 9.17) is 0 Å². The van der Waals surface area contributed by atoms with Crippen LogP contribution < -0.4 is 5.32 Å². The van der Waals surface area contributed by atoms with Crippen molar-refractivity contribution in [1.82, 2.24) is 9.55 Å². The van der Waals surface area contributed by atoms with E-state index in [2.05, 4.69) is 30.2 Å². The minimum Gasteiger partial charge on any atom is -0.396 e. The highest BCUT2D eigenvalue weighted by molar-refractivity contribution is 5.51. The molecule has 4 heteroatoms. The molecule has 0 unspecified atom stereocenters. The molecule has 0 saturated heterocycles. The number of aliphatic hydroxyl groups excluding tert-OH is 1. The van der Waals surface area contributed by atoms with Gasteiger partial charge in [-0.15, -0.1) is 0 Å². The SMILES string of the molecule is CCC(CC)(CO)CNc1cccc(-n2ccnc2)c1. The molecule has 0 radical (unpaired) electrons. The highest BCUT2D eigenvalue weighted by Crippen LogP contribution is 2.26. The van der Waals surface area contributed by atoms with Crippen LogP contribution in [0, 0.1) is 5.41 Å². The van der Waals surface area contributed by atoms with Gasteiger partial charge < -0.3 is 15.0 Å². The van der Waals surface area contributed by atoms with Crippen molar-refractivity contribution in [2.24, 2.45) is 5.41 Å². The molecule has 2 rings (SSSR count). The first-order chi connectivity index (χ1) is 9.73. The van der Waals surface area contributed by atoms with Crippen LogP contribution in [0.5, 0.6) is 0 Å². The zero-order valence-electron chi connectivity index (χ0n) is 12.2. The maximum Gasteiger partial charge on any atom is 0.0991 e. The van der Waals surface area contributed by atoms with E-state index in [1.165, 1.54) is 0 Å². The number of nitrogens with zero attached hydrogens (tertiary/aromatic N) is 2. The predicted molar refractivity (Wildman–Crippen MR) is 82.2 cm³/mol. The molecule has 0 saturated carbocycles. The lowest BCUT2D eigenvalue weighted by atomic mass is 9.83. The Morgan fingerprint density at radius 3 is 2.70 bits per heavy atom. The number of hydrogen-bond acceptors (Lipinski definition) is 3. The molecule has 2 aromatic rings. The minimum absolute atomic E-state index is 0.0367. The second-order valence-electron chi connectivity index (χ2n) is 5.24. The van der Waals surface area contributed by atoms with E-state index >= 15 is 0 Å². The summed E-state index contributed by atoms with van der Waals surface area (Å²) in [6, 6.07) is 8.21. The van der Waals surface area contributed by atoms with Gasteiger partial charge in [0.1, 0.15) is 0 Å². The Balaban J connectivity index is 2.09. The number of aliphatic hydroxyl groups is 1. The first-order valence-corrected chi connectivity index (χ1v) is 7.16. The summed E-state index contributed by atoms with van der Waals surface area (Å²) in [6.45, 7) is 5.25. The average Bonchev–Trinajstić information content (AvgIpc) is 3.04. The van der Waals surface area contributed by atoms with E-state index in [-0.39, 0.29) is 12.0 Å². The van der Waals surface area contributed by atoms with Gasteiger partial charge in [0.2, 0.25) is 0 Å². The summed E-state index contributed by atoms with van der Waals surface area (Å²) in [5.41, 5.74) is 2.11. The lowest BCUT2D eigenvalue weighted by Crippen LogP contribution is -2.32. The Labute approximate surface area is 120 Å². The quantitative estimate of drug-likeness (QED) is 0.815. The van der Waals surface area contributed by atoms with E-state index in [0.717, 1.165) is 30.8 Å². The van der Waals surface area contributed by atoms with Gasteiger partial charge in [-0.25, -0.2) is 4.98 Å². The first-order valence-electron chi connectivity index (χ1n) is 7.16. The van der Waals surface area contributed by atoms with Crippen LogP contribution in [-0.2, 0) is 0 Å². The zero-order valence-corrected chi connectivity index (χ0v) is 12.2. The summed E-state index contributed by atoms with van der Waals surface area (Å²) >= 11 is 0. The van der Waals surface area contributed by atoms with Crippen molar-refractivity contribution in [1.29, 1.82) is 0 Å². The normalized spacial score (nSPS) is 11.6. The Bertz CT molecular complexity index is 510. The molecule has 108 valence electrons. The standard InChI is InChI=1S/C16H23N3O/c1-3-16(4-2,12-20)11-18-14-6-5-7-15(10-14)19-9-8-17-13-19/h5-10,13,18,20H,3-4,11-12H2,1-2H3. The van der Waals surface area contributed by atoms with Crippen molar-refractivity contribution in [3.63, 3.8) is 0 Å². The molecule has 0 aliphatic carbocycles. The third kappa shape index (κ3) is 3.20. The molecule has 0 fully saturated rings. The van der Waals surface area contributed by atoms with E-state index in [1.54, 1.807) is 12.5 Å². The molecule has 4 nitrogen and oxygen atoms in total.